The lowest BCUT2D eigenvalue weighted by Gasteiger charge is -2.23. The number of amides is 1. The van der Waals surface area contributed by atoms with Crippen LogP contribution in [0.1, 0.15) is 53.0 Å². The van der Waals surface area contributed by atoms with Crippen molar-refractivity contribution in [3.63, 3.8) is 0 Å². The van der Waals surface area contributed by atoms with Gasteiger partial charge in [-0.2, -0.15) is 5.10 Å². The number of aromatic nitrogens is 2. The minimum atomic E-state index is -0.167. The summed E-state index contributed by atoms with van der Waals surface area (Å²) in [4.78, 5) is 25.3. The van der Waals surface area contributed by atoms with Crippen LogP contribution in [0, 0.1) is 0 Å². The molecule has 2 aromatic heterocycles. The smallest absolute Gasteiger partial charge is 0.227 e. The Labute approximate surface area is 133 Å². The Morgan fingerprint density at radius 1 is 1.55 bits per heavy atom. The third-order valence-corrected chi connectivity index (χ3v) is 4.95. The van der Waals surface area contributed by atoms with Gasteiger partial charge in [-0.15, -0.1) is 11.3 Å². The SMILES string of the molecule is CC(CC(=O)c1cccs1)NC(=O)C1CCCc2[nH]ncc21. The number of rotatable bonds is 5. The first kappa shape index (κ1) is 15.0. The summed E-state index contributed by atoms with van der Waals surface area (Å²) < 4.78 is 0. The predicted molar refractivity (Wildman–Crippen MR) is 85.1 cm³/mol. The molecule has 0 spiro atoms. The molecule has 116 valence electrons. The number of carbonyl (C=O) groups excluding carboxylic acids is 2. The average Bonchev–Trinajstić information content (AvgIpc) is 3.17. The summed E-state index contributed by atoms with van der Waals surface area (Å²) in [6.07, 6.45) is 4.85. The van der Waals surface area contributed by atoms with Crippen molar-refractivity contribution in [3.05, 3.63) is 39.8 Å². The Kier molecular flexibility index (Phi) is 4.38. The van der Waals surface area contributed by atoms with Crippen molar-refractivity contribution in [2.45, 2.75) is 44.6 Å². The summed E-state index contributed by atoms with van der Waals surface area (Å²) in [7, 11) is 0. The Morgan fingerprint density at radius 3 is 3.18 bits per heavy atom. The van der Waals surface area contributed by atoms with Crippen molar-refractivity contribution in [1.29, 1.82) is 0 Å². The van der Waals surface area contributed by atoms with Gasteiger partial charge in [0.25, 0.3) is 0 Å². The number of H-pyrrole nitrogens is 1. The van der Waals surface area contributed by atoms with E-state index in [1.807, 2.05) is 24.4 Å². The molecule has 5 nitrogen and oxygen atoms in total. The molecule has 22 heavy (non-hydrogen) atoms. The average molecular weight is 317 g/mol. The van der Waals surface area contributed by atoms with E-state index in [9.17, 15) is 9.59 Å². The number of hydrogen-bond acceptors (Lipinski definition) is 4. The Bertz CT molecular complexity index is 663. The number of Topliss-reactive ketones (excluding diaryl/α,β-unsaturated/α-hetero) is 1. The normalized spacial score (nSPS) is 18.5. The maximum absolute atomic E-state index is 12.5. The van der Waals surface area contributed by atoms with Crippen LogP contribution < -0.4 is 5.32 Å². The number of carbonyl (C=O) groups is 2. The van der Waals surface area contributed by atoms with Crippen molar-refractivity contribution in [2.24, 2.45) is 0 Å². The standard InChI is InChI=1S/C16H19N3O2S/c1-10(8-14(20)15-6-3-7-22-15)18-16(21)11-4-2-5-13-12(11)9-17-19-13/h3,6-7,9-11H,2,4-5,8H2,1H3,(H,17,19)(H,18,21). The van der Waals surface area contributed by atoms with Gasteiger partial charge in [-0.05, 0) is 37.6 Å². The quantitative estimate of drug-likeness (QED) is 0.833. The molecule has 1 aliphatic rings. The van der Waals surface area contributed by atoms with Crippen LogP contribution in [0.5, 0.6) is 0 Å². The van der Waals surface area contributed by atoms with Crippen LogP contribution in [-0.2, 0) is 11.2 Å². The fraction of sp³-hybridized carbons (Fsp3) is 0.438. The van der Waals surface area contributed by atoms with Gasteiger partial charge in [0.05, 0.1) is 17.0 Å². The van der Waals surface area contributed by atoms with Crippen molar-refractivity contribution >= 4 is 23.0 Å². The van der Waals surface area contributed by atoms with Crippen LogP contribution in [0.4, 0.5) is 0 Å². The van der Waals surface area contributed by atoms with Crippen molar-refractivity contribution in [2.75, 3.05) is 0 Å². The molecule has 0 radical (unpaired) electrons. The summed E-state index contributed by atoms with van der Waals surface area (Å²) in [6, 6.07) is 3.52. The molecule has 2 N–H and O–H groups in total. The molecule has 0 saturated heterocycles. The first-order chi connectivity index (χ1) is 10.6. The molecule has 2 aromatic rings. The molecule has 1 amide bonds. The maximum atomic E-state index is 12.5. The highest BCUT2D eigenvalue weighted by atomic mass is 32.1. The number of thiophene rings is 1. The van der Waals surface area contributed by atoms with Crippen molar-refractivity contribution in [1.82, 2.24) is 15.5 Å². The van der Waals surface area contributed by atoms with E-state index in [4.69, 9.17) is 0 Å². The van der Waals surface area contributed by atoms with E-state index < -0.39 is 0 Å². The summed E-state index contributed by atoms with van der Waals surface area (Å²) in [5.41, 5.74) is 2.06. The fourth-order valence-electron chi connectivity index (χ4n) is 2.94. The highest BCUT2D eigenvalue weighted by molar-refractivity contribution is 7.12. The molecule has 2 atom stereocenters. The summed E-state index contributed by atoms with van der Waals surface area (Å²) in [6.45, 7) is 1.88. The molecule has 0 fully saturated rings. The number of aryl methyl sites for hydroxylation is 1. The number of ketones is 1. The fourth-order valence-corrected chi connectivity index (χ4v) is 3.62. The molecule has 0 aromatic carbocycles. The molecule has 6 heteroatoms. The largest absolute Gasteiger partial charge is 0.353 e. The first-order valence-electron chi connectivity index (χ1n) is 7.54. The van der Waals surface area contributed by atoms with Crippen LogP contribution >= 0.6 is 11.3 Å². The van der Waals surface area contributed by atoms with E-state index in [2.05, 4.69) is 15.5 Å². The zero-order valence-corrected chi connectivity index (χ0v) is 13.3. The summed E-state index contributed by atoms with van der Waals surface area (Å²) in [5, 5.41) is 11.9. The molecular weight excluding hydrogens is 298 g/mol. The molecule has 2 heterocycles. The first-order valence-corrected chi connectivity index (χ1v) is 8.42. The molecule has 0 aliphatic heterocycles. The van der Waals surface area contributed by atoms with E-state index in [1.54, 1.807) is 6.20 Å². The summed E-state index contributed by atoms with van der Waals surface area (Å²) >= 11 is 1.44. The Morgan fingerprint density at radius 2 is 2.41 bits per heavy atom. The van der Waals surface area contributed by atoms with Crippen LogP contribution in [0.2, 0.25) is 0 Å². The number of nitrogens with zero attached hydrogens (tertiary/aromatic N) is 1. The number of nitrogens with one attached hydrogen (secondary N) is 2. The van der Waals surface area contributed by atoms with E-state index in [-0.39, 0.29) is 23.7 Å². The number of fused-ring (bicyclic) bond motifs is 1. The zero-order valence-electron chi connectivity index (χ0n) is 12.5. The van der Waals surface area contributed by atoms with E-state index >= 15 is 0 Å². The second kappa shape index (κ2) is 6.44. The minimum absolute atomic E-state index is 0.00571. The predicted octanol–water partition coefficient (Wildman–Crippen LogP) is 2.67. The van der Waals surface area contributed by atoms with Crippen LogP contribution in [0.25, 0.3) is 0 Å². The van der Waals surface area contributed by atoms with E-state index in [1.165, 1.54) is 11.3 Å². The third kappa shape index (κ3) is 3.11. The Hall–Kier alpha value is -1.95. The number of hydrogen-bond donors (Lipinski definition) is 2. The molecular formula is C16H19N3O2S. The molecule has 2 unspecified atom stereocenters. The monoisotopic (exact) mass is 317 g/mol. The highest BCUT2D eigenvalue weighted by Gasteiger charge is 2.28. The van der Waals surface area contributed by atoms with E-state index in [0.29, 0.717) is 6.42 Å². The number of aromatic amines is 1. The lowest BCUT2D eigenvalue weighted by atomic mass is 9.86. The van der Waals surface area contributed by atoms with Gasteiger partial charge in [-0.1, -0.05) is 6.07 Å². The zero-order chi connectivity index (χ0) is 15.5. The third-order valence-electron chi connectivity index (χ3n) is 4.04. The van der Waals surface area contributed by atoms with Gasteiger partial charge in [-0.3, -0.25) is 14.7 Å². The molecule has 1 aliphatic carbocycles. The van der Waals surface area contributed by atoms with Gasteiger partial charge in [0.2, 0.25) is 5.91 Å². The van der Waals surface area contributed by atoms with Crippen molar-refractivity contribution in [3.8, 4) is 0 Å². The minimum Gasteiger partial charge on any atom is -0.353 e. The van der Waals surface area contributed by atoms with Gasteiger partial charge in [-0.25, -0.2) is 0 Å². The summed E-state index contributed by atoms with van der Waals surface area (Å²) in [5.74, 6) is -0.0777. The van der Waals surface area contributed by atoms with Gasteiger partial charge in [0.15, 0.2) is 5.78 Å². The molecule has 0 saturated carbocycles. The lowest BCUT2D eigenvalue weighted by molar-refractivity contribution is -0.123. The maximum Gasteiger partial charge on any atom is 0.227 e. The van der Waals surface area contributed by atoms with Gasteiger partial charge in [0.1, 0.15) is 0 Å². The molecule has 0 bridgehead atoms. The van der Waals surface area contributed by atoms with E-state index in [0.717, 1.165) is 35.4 Å². The Balaban J connectivity index is 1.59. The second-order valence-corrected chi connectivity index (χ2v) is 6.71. The topological polar surface area (TPSA) is 74.8 Å². The van der Waals surface area contributed by atoms with Crippen LogP contribution in [0.3, 0.4) is 0 Å². The molecule has 3 rings (SSSR count). The highest BCUT2D eigenvalue weighted by Crippen LogP contribution is 2.30. The van der Waals surface area contributed by atoms with Gasteiger partial charge < -0.3 is 5.32 Å². The van der Waals surface area contributed by atoms with Gasteiger partial charge in [0, 0.05) is 23.7 Å². The van der Waals surface area contributed by atoms with Crippen LogP contribution in [-0.4, -0.2) is 27.9 Å². The van der Waals surface area contributed by atoms with Crippen molar-refractivity contribution < 1.29 is 9.59 Å². The second-order valence-electron chi connectivity index (χ2n) is 5.76. The van der Waals surface area contributed by atoms with Crippen LogP contribution in [0.15, 0.2) is 23.7 Å². The lowest BCUT2D eigenvalue weighted by Crippen LogP contribution is -2.38. The van der Waals surface area contributed by atoms with Gasteiger partial charge >= 0.3 is 0 Å².